The van der Waals surface area contributed by atoms with Crippen molar-refractivity contribution in [3.63, 3.8) is 0 Å². The van der Waals surface area contributed by atoms with Crippen LogP contribution in [0, 0.1) is 13.8 Å². The summed E-state index contributed by atoms with van der Waals surface area (Å²) in [5.74, 6) is 4.30. The predicted molar refractivity (Wildman–Crippen MR) is 191 cm³/mol. The lowest BCUT2D eigenvalue weighted by molar-refractivity contribution is 1.36. The van der Waals surface area contributed by atoms with Gasteiger partial charge in [0.2, 0.25) is 0 Å². The van der Waals surface area contributed by atoms with Gasteiger partial charge in [0, 0.05) is 23.0 Å². The van der Waals surface area contributed by atoms with Crippen LogP contribution in [0.5, 0.6) is 0 Å². The number of rotatable bonds is 14. The highest BCUT2D eigenvalue weighted by Gasteiger charge is 1.99. The minimum Gasteiger partial charge on any atom is -0.0769 e. The molecular weight excluding hydrogens is 617 g/mol. The molecule has 0 aliphatic heterocycles. The average Bonchev–Trinajstić information content (AvgIpc) is 2.94. The molecule has 0 fully saturated rings. The van der Waals surface area contributed by atoms with Crippen LogP contribution in [0.25, 0.3) is 0 Å². The molecule has 0 aliphatic rings. The van der Waals surface area contributed by atoms with Gasteiger partial charge in [0.25, 0.3) is 0 Å². The number of hydrogen-bond donors (Lipinski definition) is 0. The highest BCUT2D eigenvalue weighted by Crippen LogP contribution is 2.46. The fourth-order valence-corrected chi connectivity index (χ4v) is 14.9. The third-order valence-corrected chi connectivity index (χ3v) is 17.7. The van der Waals surface area contributed by atoms with Gasteiger partial charge in [0.05, 0.1) is 0 Å². The van der Waals surface area contributed by atoms with Crippen LogP contribution in [-0.4, -0.2) is 0 Å². The van der Waals surface area contributed by atoms with Crippen molar-refractivity contribution in [2.24, 2.45) is 0 Å². The summed E-state index contributed by atoms with van der Waals surface area (Å²) in [6.45, 7) is 4.29. The molecule has 0 nitrogen and oxygen atoms in total. The second kappa shape index (κ2) is 20.5. The zero-order chi connectivity index (χ0) is 26.7. The van der Waals surface area contributed by atoms with Crippen molar-refractivity contribution >= 4 is 82.5 Å². The van der Waals surface area contributed by atoms with Gasteiger partial charge in [0.15, 0.2) is 0 Å². The van der Waals surface area contributed by atoms with Crippen LogP contribution < -0.4 is 0 Å². The molecule has 0 bridgehead atoms. The van der Waals surface area contributed by atoms with Crippen LogP contribution in [-0.2, 0) is 23.0 Å². The molecule has 0 heterocycles. The second-order valence-corrected chi connectivity index (χ2v) is 20.3. The first-order valence-corrected chi connectivity index (χ1v) is 22.3. The molecule has 0 aromatic heterocycles. The zero-order valence-electron chi connectivity index (χ0n) is 21.5. The van der Waals surface area contributed by atoms with E-state index < -0.39 is 0 Å². The molecule has 0 amide bonds. The first-order chi connectivity index (χ1) is 18.7. The van der Waals surface area contributed by atoms with Crippen LogP contribution in [0.3, 0.4) is 0 Å². The molecule has 8 heteroatoms. The summed E-state index contributed by atoms with van der Waals surface area (Å²) in [5.41, 5.74) is 8.29. The molecule has 38 heavy (non-hydrogen) atoms. The summed E-state index contributed by atoms with van der Waals surface area (Å²) in [6, 6.07) is 38.7. The lowest BCUT2D eigenvalue weighted by Gasteiger charge is -2.03. The maximum atomic E-state index is 2.26. The maximum Gasteiger partial charge on any atom is 0.0297 e. The largest absolute Gasteiger partial charge is 0.0769 e. The molecule has 0 spiro atoms. The van der Waals surface area contributed by atoms with E-state index >= 15 is 0 Å². The van der Waals surface area contributed by atoms with Gasteiger partial charge in [0.1, 0.15) is 0 Å². The fourth-order valence-electron chi connectivity index (χ4n) is 3.20. The smallest absolute Gasteiger partial charge is 0.0297 e. The molecule has 200 valence electrons. The molecule has 0 saturated carbocycles. The van der Waals surface area contributed by atoms with Crippen molar-refractivity contribution < 1.29 is 0 Å². The number of hydrogen-bond acceptors (Lipinski definition) is 8. The summed E-state index contributed by atoms with van der Waals surface area (Å²) < 4.78 is 0. The third-order valence-electron chi connectivity index (χ3n) is 5.00. The topological polar surface area (TPSA) is 0 Å². The van der Waals surface area contributed by atoms with Crippen LogP contribution in [0.15, 0.2) is 109 Å². The Bertz CT molecular complexity index is 1060. The lowest BCUT2D eigenvalue weighted by Crippen LogP contribution is -1.79. The monoisotopic (exact) mass is 648 g/mol. The lowest BCUT2D eigenvalue weighted by atomic mass is 10.2. The molecule has 0 unspecified atom stereocenters. The van der Waals surface area contributed by atoms with Crippen LogP contribution in [0.4, 0.5) is 0 Å². The van der Waals surface area contributed by atoms with Crippen LogP contribution in [0.2, 0.25) is 0 Å². The van der Waals surface area contributed by atoms with Crippen molar-refractivity contribution in [1.82, 2.24) is 0 Å². The Morgan fingerprint density at radius 1 is 0.368 bits per heavy atom. The van der Waals surface area contributed by atoms with E-state index in [-0.39, 0.29) is 0 Å². The quantitative estimate of drug-likeness (QED) is 0.0966. The Kier molecular flexibility index (Phi) is 17.4. The van der Waals surface area contributed by atoms with E-state index in [9.17, 15) is 0 Å². The van der Waals surface area contributed by atoms with Gasteiger partial charge in [-0.25, -0.2) is 0 Å². The second-order valence-electron chi connectivity index (χ2n) is 8.27. The van der Waals surface area contributed by atoms with E-state index in [1.54, 1.807) is 0 Å². The highest BCUT2D eigenvalue weighted by atomic mass is 33.7. The Hall–Kier alpha value is -0.320. The molecule has 4 rings (SSSR count). The van der Waals surface area contributed by atoms with Gasteiger partial charge in [-0.3, -0.25) is 0 Å². The van der Waals surface area contributed by atoms with Crippen LogP contribution in [0.1, 0.15) is 33.4 Å². The summed E-state index contributed by atoms with van der Waals surface area (Å²) in [4.78, 5) is 0. The molecule has 0 aliphatic carbocycles. The summed E-state index contributed by atoms with van der Waals surface area (Å²) in [7, 11) is 15.1. The Morgan fingerprint density at radius 3 is 1.03 bits per heavy atom. The SMILES string of the molecule is Cc1cccc(CSSSSCc2cccc(C)c2)c1.c1ccc(CSSSSCc2ccccc2)cc1. The Labute approximate surface area is 259 Å². The maximum absolute atomic E-state index is 2.26. The summed E-state index contributed by atoms with van der Waals surface area (Å²) in [6.07, 6.45) is 0. The van der Waals surface area contributed by atoms with Gasteiger partial charge in [-0.2, -0.15) is 0 Å². The van der Waals surface area contributed by atoms with E-state index in [0.717, 1.165) is 23.0 Å². The first-order valence-electron chi connectivity index (χ1n) is 12.0. The van der Waals surface area contributed by atoms with Gasteiger partial charge in [-0.15, -0.1) is 0 Å². The molecule has 0 atom stereocenters. The average molecular weight is 649 g/mol. The van der Waals surface area contributed by atoms with Crippen molar-refractivity contribution in [3.8, 4) is 0 Å². The van der Waals surface area contributed by atoms with E-state index in [1.165, 1.54) is 33.4 Å². The van der Waals surface area contributed by atoms with E-state index in [0.29, 0.717) is 0 Å². The normalized spacial score (nSPS) is 10.6. The predicted octanol–water partition coefficient (Wildman–Crippen LogP) is 12.7. The molecule has 0 radical (unpaired) electrons. The van der Waals surface area contributed by atoms with Gasteiger partial charge in [-0.1, -0.05) is 163 Å². The standard InChI is InChI=1S/C16H18S4.C14H14S4/c1-13-5-3-7-15(9-13)11-17-19-20-18-12-16-8-4-6-14(2)10-16;1-3-7-13(8-4-1)11-15-17-18-16-12-14-9-5-2-6-10-14/h3-10H,11-12H2,1-2H3;1-10H,11-12H2. The van der Waals surface area contributed by atoms with Crippen molar-refractivity contribution in [2.45, 2.75) is 36.9 Å². The molecular formula is C30H32S8. The molecule has 4 aromatic carbocycles. The van der Waals surface area contributed by atoms with Crippen molar-refractivity contribution in [3.05, 3.63) is 143 Å². The minimum atomic E-state index is 1.07. The van der Waals surface area contributed by atoms with E-state index in [4.69, 9.17) is 0 Å². The first kappa shape index (κ1) is 32.2. The van der Waals surface area contributed by atoms with Crippen molar-refractivity contribution in [2.75, 3.05) is 0 Å². The third kappa shape index (κ3) is 14.9. The Morgan fingerprint density at radius 2 is 0.684 bits per heavy atom. The van der Waals surface area contributed by atoms with E-state index in [2.05, 4.69) is 123 Å². The van der Waals surface area contributed by atoms with Gasteiger partial charge in [-0.05, 0) is 75.4 Å². The number of benzene rings is 4. The Balaban J connectivity index is 0.000000212. The fraction of sp³-hybridized carbons (Fsp3) is 0.200. The van der Waals surface area contributed by atoms with Gasteiger partial charge >= 0.3 is 0 Å². The molecule has 4 aromatic rings. The van der Waals surface area contributed by atoms with E-state index in [1.807, 2.05) is 82.5 Å². The summed E-state index contributed by atoms with van der Waals surface area (Å²) in [5, 5.41) is 0. The number of aryl methyl sites for hydroxylation is 2. The molecule has 0 N–H and O–H groups in total. The molecule has 0 saturated heterocycles. The minimum absolute atomic E-state index is 1.07. The highest BCUT2D eigenvalue weighted by molar-refractivity contribution is 9.26. The summed E-state index contributed by atoms with van der Waals surface area (Å²) >= 11 is 0. The zero-order valence-corrected chi connectivity index (χ0v) is 28.0. The van der Waals surface area contributed by atoms with Gasteiger partial charge < -0.3 is 0 Å². The van der Waals surface area contributed by atoms with Crippen molar-refractivity contribution in [1.29, 1.82) is 0 Å². The van der Waals surface area contributed by atoms with Crippen LogP contribution >= 0.6 is 82.5 Å².